The Hall–Kier alpha value is -4.05. The third kappa shape index (κ3) is 6.72. The Morgan fingerprint density at radius 1 is 1.09 bits per heavy atom. The number of halogens is 1. The number of anilines is 1. The minimum atomic E-state index is -0.606. The first kappa shape index (κ1) is 24.6. The van der Waals surface area contributed by atoms with Crippen molar-refractivity contribution in [2.24, 2.45) is 5.10 Å². The maximum absolute atomic E-state index is 12.3. The largest absolute Gasteiger partial charge is 0.483 e. The summed E-state index contributed by atoms with van der Waals surface area (Å²) in [5, 5.41) is 17.6. The van der Waals surface area contributed by atoms with Gasteiger partial charge in [-0.2, -0.15) is 5.10 Å². The number of nitrogens with zero attached hydrogens (tertiary/aromatic N) is 2. The van der Waals surface area contributed by atoms with E-state index in [0.717, 1.165) is 21.7 Å². The third-order valence-corrected chi connectivity index (χ3v) is 5.30. The maximum Gasteiger partial charge on any atom is 0.271 e. The molecule has 0 saturated heterocycles. The van der Waals surface area contributed by atoms with Gasteiger partial charge in [-0.25, -0.2) is 5.43 Å². The molecule has 0 atom stereocenters. The minimum Gasteiger partial charge on any atom is -0.483 e. The standard InChI is InChI=1S/C24H21BrN4O5/c1-15-6-8-20(10-16(15)2)27-23(30)14-34-22-9-7-19(25)11-18(22)13-26-28-24(31)17-4-3-5-21(12-17)29(32)33/h3-13H,14H2,1-2H3,(H,27,30)(H,28,31)/b26-13+. The maximum atomic E-state index is 12.3. The molecule has 0 saturated carbocycles. The van der Waals surface area contributed by atoms with Crippen molar-refractivity contribution in [2.45, 2.75) is 13.8 Å². The monoisotopic (exact) mass is 524 g/mol. The second-order valence-electron chi connectivity index (χ2n) is 7.32. The number of benzene rings is 3. The molecule has 0 fully saturated rings. The Morgan fingerprint density at radius 2 is 1.88 bits per heavy atom. The highest BCUT2D eigenvalue weighted by Gasteiger charge is 2.11. The van der Waals surface area contributed by atoms with Crippen molar-refractivity contribution in [1.29, 1.82) is 0 Å². The van der Waals surface area contributed by atoms with Crippen molar-refractivity contribution in [3.63, 3.8) is 0 Å². The lowest BCUT2D eigenvalue weighted by atomic mass is 10.1. The number of non-ortho nitro benzene ring substituents is 1. The van der Waals surface area contributed by atoms with Crippen LogP contribution < -0.4 is 15.5 Å². The predicted octanol–water partition coefficient (Wildman–Crippen LogP) is 4.76. The van der Waals surface area contributed by atoms with Crippen LogP contribution in [0.2, 0.25) is 0 Å². The summed E-state index contributed by atoms with van der Waals surface area (Å²) in [6.07, 6.45) is 1.36. The van der Waals surface area contributed by atoms with Crippen LogP contribution in [0.25, 0.3) is 0 Å². The van der Waals surface area contributed by atoms with E-state index in [4.69, 9.17) is 4.74 Å². The third-order valence-electron chi connectivity index (χ3n) is 4.81. The van der Waals surface area contributed by atoms with Gasteiger partial charge in [0.05, 0.1) is 11.1 Å². The van der Waals surface area contributed by atoms with Crippen LogP contribution in [0.1, 0.15) is 27.0 Å². The summed E-state index contributed by atoms with van der Waals surface area (Å²) in [5.74, 6) is -0.551. The van der Waals surface area contributed by atoms with Crippen molar-refractivity contribution in [2.75, 3.05) is 11.9 Å². The molecular weight excluding hydrogens is 504 g/mol. The second kappa shape index (κ2) is 11.2. The Bertz CT molecular complexity index is 1280. The normalized spacial score (nSPS) is 10.7. The average molecular weight is 525 g/mol. The molecule has 0 aliphatic carbocycles. The van der Waals surface area contributed by atoms with E-state index in [0.29, 0.717) is 17.0 Å². The molecule has 3 rings (SSSR count). The summed E-state index contributed by atoms with van der Waals surface area (Å²) in [6, 6.07) is 16.1. The number of hydrogen-bond donors (Lipinski definition) is 2. The van der Waals surface area contributed by atoms with Gasteiger partial charge >= 0.3 is 0 Å². The van der Waals surface area contributed by atoms with Crippen molar-refractivity contribution in [1.82, 2.24) is 5.43 Å². The Morgan fingerprint density at radius 3 is 2.62 bits per heavy atom. The molecule has 0 aliphatic heterocycles. The Balaban J connectivity index is 1.63. The lowest BCUT2D eigenvalue weighted by molar-refractivity contribution is -0.384. The molecule has 0 spiro atoms. The van der Waals surface area contributed by atoms with E-state index >= 15 is 0 Å². The van der Waals surface area contributed by atoms with Crippen LogP contribution in [0.3, 0.4) is 0 Å². The van der Waals surface area contributed by atoms with Crippen molar-refractivity contribution in [3.8, 4) is 5.75 Å². The molecule has 9 nitrogen and oxygen atoms in total. The first-order chi connectivity index (χ1) is 16.2. The van der Waals surface area contributed by atoms with Crippen LogP contribution in [-0.2, 0) is 4.79 Å². The van der Waals surface area contributed by atoms with Gasteiger partial charge < -0.3 is 10.1 Å². The zero-order valence-electron chi connectivity index (χ0n) is 18.4. The number of carbonyl (C=O) groups is 2. The number of nitro benzene ring substituents is 1. The number of amides is 2. The van der Waals surface area contributed by atoms with Gasteiger partial charge in [-0.15, -0.1) is 0 Å². The lowest BCUT2D eigenvalue weighted by Gasteiger charge is -2.11. The molecule has 2 amide bonds. The van der Waals surface area contributed by atoms with E-state index in [-0.39, 0.29) is 23.8 Å². The summed E-state index contributed by atoms with van der Waals surface area (Å²) < 4.78 is 6.39. The molecular formula is C24H21BrN4O5. The van der Waals surface area contributed by atoms with Crippen molar-refractivity contribution >= 4 is 45.3 Å². The van der Waals surface area contributed by atoms with Crippen LogP contribution >= 0.6 is 15.9 Å². The van der Waals surface area contributed by atoms with E-state index in [1.807, 2.05) is 32.0 Å². The fraction of sp³-hybridized carbons (Fsp3) is 0.125. The van der Waals surface area contributed by atoms with Gasteiger partial charge in [0.15, 0.2) is 6.61 Å². The zero-order chi connectivity index (χ0) is 24.7. The molecule has 34 heavy (non-hydrogen) atoms. The Kier molecular flexibility index (Phi) is 8.10. The molecule has 0 radical (unpaired) electrons. The van der Waals surface area contributed by atoms with Gasteiger partial charge in [-0.3, -0.25) is 19.7 Å². The van der Waals surface area contributed by atoms with Gasteiger partial charge in [0.2, 0.25) is 0 Å². The molecule has 10 heteroatoms. The first-order valence-electron chi connectivity index (χ1n) is 10.1. The van der Waals surface area contributed by atoms with Crippen LogP contribution in [0.5, 0.6) is 5.75 Å². The number of nitrogens with one attached hydrogen (secondary N) is 2. The van der Waals surface area contributed by atoms with E-state index in [9.17, 15) is 19.7 Å². The number of aryl methyl sites for hydroxylation is 2. The summed E-state index contributed by atoms with van der Waals surface area (Å²) in [4.78, 5) is 34.9. The first-order valence-corrected chi connectivity index (χ1v) is 10.9. The molecule has 0 aromatic heterocycles. The van der Waals surface area contributed by atoms with Gasteiger partial charge in [0, 0.05) is 33.4 Å². The molecule has 2 N–H and O–H groups in total. The van der Waals surface area contributed by atoms with Gasteiger partial charge in [0.25, 0.3) is 17.5 Å². The number of rotatable bonds is 8. The van der Waals surface area contributed by atoms with Crippen LogP contribution in [0.15, 0.2) is 70.2 Å². The molecule has 174 valence electrons. The average Bonchev–Trinajstić information content (AvgIpc) is 2.81. The van der Waals surface area contributed by atoms with E-state index < -0.39 is 10.8 Å². The van der Waals surface area contributed by atoms with Crippen molar-refractivity contribution in [3.05, 3.63) is 97.5 Å². The minimum absolute atomic E-state index is 0.0973. The SMILES string of the molecule is Cc1ccc(NC(=O)COc2ccc(Br)cc2/C=N/NC(=O)c2cccc([N+](=O)[O-])c2)cc1C. The fourth-order valence-corrected chi connectivity index (χ4v) is 3.28. The topological polar surface area (TPSA) is 123 Å². The van der Waals surface area contributed by atoms with E-state index in [2.05, 4.69) is 31.8 Å². The number of ether oxygens (including phenoxy) is 1. The number of carbonyl (C=O) groups excluding carboxylic acids is 2. The number of hydrogen-bond acceptors (Lipinski definition) is 6. The highest BCUT2D eigenvalue weighted by molar-refractivity contribution is 9.10. The molecule has 0 unspecified atom stereocenters. The summed E-state index contributed by atoms with van der Waals surface area (Å²) in [5.41, 5.74) is 5.61. The molecule has 0 aliphatic rings. The molecule has 3 aromatic rings. The van der Waals surface area contributed by atoms with Crippen LogP contribution in [-0.4, -0.2) is 29.6 Å². The van der Waals surface area contributed by atoms with E-state index in [1.165, 1.54) is 24.4 Å². The summed E-state index contributed by atoms with van der Waals surface area (Å²) >= 11 is 3.36. The van der Waals surface area contributed by atoms with Gasteiger partial charge in [-0.1, -0.05) is 28.1 Å². The smallest absolute Gasteiger partial charge is 0.271 e. The molecule has 3 aromatic carbocycles. The van der Waals surface area contributed by atoms with Crippen LogP contribution in [0, 0.1) is 24.0 Å². The highest BCUT2D eigenvalue weighted by atomic mass is 79.9. The zero-order valence-corrected chi connectivity index (χ0v) is 20.0. The predicted molar refractivity (Wildman–Crippen MR) is 132 cm³/mol. The highest BCUT2D eigenvalue weighted by Crippen LogP contribution is 2.22. The molecule has 0 bridgehead atoms. The second-order valence-corrected chi connectivity index (χ2v) is 8.24. The summed E-state index contributed by atoms with van der Waals surface area (Å²) in [6.45, 7) is 3.73. The summed E-state index contributed by atoms with van der Waals surface area (Å²) in [7, 11) is 0. The van der Waals surface area contributed by atoms with Gasteiger partial charge in [0.1, 0.15) is 5.75 Å². The lowest BCUT2D eigenvalue weighted by Crippen LogP contribution is -2.21. The number of nitro groups is 1. The number of hydrazone groups is 1. The van der Waals surface area contributed by atoms with Gasteiger partial charge in [-0.05, 0) is 61.4 Å². The quantitative estimate of drug-likeness (QED) is 0.250. The van der Waals surface area contributed by atoms with E-state index in [1.54, 1.807) is 18.2 Å². The Labute approximate surface area is 204 Å². The van der Waals surface area contributed by atoms with Crippen molar-refractivity contribution < 1.29 is 19.2 Å². The molecule has 0 heterocycles. The fourth-order valence-electron chi connectivity index (χ4n) is 2.90. The van der Waals surface area contributed by atoms with Crippen LogP contribution in [0.4, 0.5) is 11.4 Å².